The summed E-state index contributed by atoms with van der Waals surface area (Å²) < 4.78 is 4.96. The molecule has 0 aliphatic carbocycles. The number of rotatable bonds is 3. The maximum absolute atomic E-state index is 11.0. The van der Waals surface area contributed by atoms with Crippen molar-refractivity contribution < 1.29 is 9.66 Å². The predicted molar refractivity (Wildman–Crippen MR) is 71.7 cm³/mol. The summed E-state index contributed by atoms with van der Waals surface area (Å²) in [4.78, 5) is 16.6. The first-order chi connectivity index (χ1) is 9.01. The molecule has 19 heavy (non-hydrogen) atoms. The third-order valence-electron chi connectivity index (χ3n) is 3.10. The van der Waals surface area contributed by atoms with E-state index >= 15 is 0 Å². The molecule has 1 aromatic heterocycles. The monoisotopic (exact) mass is 266 g/mol. The van der Waals surface area contributed by atoms with E-state index in [0.717, 1.165) is 13.1 Å². The van der Waals surface area contributed by atoms with Crippen LogP contribution in [0.2, 0.25) is 0 Å². The van der Waals surface area contributed by atoms with Gasteiger partial charge in [-0.1, -0.05) is 0 Å². The number of nitro groups is 1. The molecule has 1 aliphatic rings. The number of aromatic nitrogens is 1. The van der Waals surface area contributed by atoms with Gasteiger partial charge in [0.25, 0.3) is 0 Å². The van der Waals surface area contributed by atoms with Crippen LogP contribution in [-0.4, -0.2) is 42.2 Å². The number of hydrogen-bond acceptors (Lipinski definition) is 6. The van der Waals surface area contributed by atoms with Gasteiger partial charge in [-0.3, -0.25) is 0 Å². The number of ether oxygens (including phenoxy) is 1. The highest BCUT2D eigenvalue weighted by Crippen LogP contribution is 2.28. The van der Waals surface area contributed by atoms with E-state index in [1.54, 1.807) is 12.1 Å². The maximum atomic E-state index is 11.0. The van der Waals surface area contributed by atoms with Gasteiger partial charge in [0.05, 0.1) is 7.11 Å². The van der Waals surface area contributed by atoms with Crippen molar-refractivity contribution in [1.82, 2.24) is 10.3 Å². The van der Waals surface area contributed by atoms with Crippen molar-refractivity contribution in [3.63, 3.8) is 0 Å². The zero-order chi connectivity index (χ0) is 14.0. The van der Waals surface area contributed by atoms with Gasteiger partial charge in [0.2, 0.25) is 11.6 Å². The Balaban J connectivity index is 2.30. The Morgan fingerprint density at radius 2 is 2.05 bits per heavy atom. The second-order valence-corrected chi connectivity index (χ2v) is 4.83. The van der Waals surface area contributed by atoms with E-state index in [-0.39, 0.29) is 11.6 Å². The van der Waals surface area contributed by atoms with Crippen LogP contribution in [0.15, 0.2) is 12.1 Å². The lowest BCUT2D eigenvalue weighted by Gasteiger charge is -2.35. The van der Waals surface area contributed by atoms with E-state index in [1.807, 2.05) is 0 Å². The largest absolute Gasteiger partial charge is 0.489 e. The van der Waals surface area contributed by atoms with Gasteiger partial charge in [0.1, 0.15) is 0 Å². The molecule has 2 atom stereocenters. The summed E-state index contributed by atoms with van der Waals surface area (Å²) in [6, 6.07) is 4.01. The van der Waals surface area contributed by atoms with Crippen molar-refractivity contribution in [1.29, 1.82) is 0 Å². The first-order valence-electron chi connectivity index (χ1n) is 6.21. The molecule has 0 amide bonds. The summed E-state index contributed by atoms with van der Waals surface area (Å²) in [5.41, 5.74) is 0. The number of anilines is 1. The van der Waals surface area contributed by atoms with E-state index in [9.17, 15) is 10.1 Å². The molecule has 0 saturated carbocycles. The highest BCUT2D eigenvalue weighted by Gasteiger charge is 2.27. The van der Waals surface area contributed by atoms with Crippen LogP contribution in [-0.2, 0) is 0 Å². The number of piperazine rings is 1. The minimum Gasteiger partial charge on any atom is -0.489 e. The number of methoxy groups -OCH3 is 1. The zero-order valence-corrected chi connectivity index (χ0v) is 11.3. The molecule has 1 saturated heterocycles. The molecule has 7 nitrogen and oxygen atoms in total. The second kappa shape index (κ2) is 5.40. The van der Waals surface area contributed by atoms with Crippen molar-refractivity contribution in [2.75, 3.05) is 25.1 Å². The summed E-state index contributed by atoms with van der Waals surface area (Å²) in [6.45, 7) is 5.73. The molecule has 104 valence electrons. The lowest BCUT2D eigenvalue weighted by molar-refractivity contribution is -0.390. The molecular weight excluding hydrogens is 248 g/mol. The smallest absolute Gasteiger partial charge is 0.408 e. The Morgan fingerprint density at radius 1 is 1.42 bits per heavy atom. The SMILES string of the molecule is COc1ccc(N2C[C@@H](C)N[C@@H](C)C2)nc1[N+](=O)[O-]. The third-order valence-corrected chi connectivity index (χ3v) is 3.10. The second-order valence-electron chi connectivity index (χ2n) is 4.83. The Bertz CT molecular complexity index is 470. The number of nitrogens with zero attached hydrogens (tertiary/aromatic N) is 3. The van der Waals surface area contributed by atoms with Crippen LogP contribution in [0.1, 0.15) is 13.8 Å². The zero-order valence-electron chi connectivity index (χ0n) is 11.3. The van der Waals surface area contributed by atoms with Crippen LogP contribution >= 0.6 is 0 Å². The van der Waals surface area contributed by atoms with Gasteiger partial charge in [0.15, 0.2) is 0 Å². The average molecular weight is 266 g/mol. The van der Waals surface area contributed by atoms with E-state index in [1.165, 1.54) is 7.11 Å². The van der Waals surface area contributed by atoms with Crippen LogP contribution < -0.4 is 15.0 Å². The van der Waals surface area contributed by atoms with Crippen molar-refractivity contribution in [3.05, 3.63) is 22.2 Å². The van der Waals surface area contributed by atoms with Crippen LogP contribution in [0.3, 0.4) is 0 Å². The van der Waals surface area contributed by atoms with Gasteiger partial charge in [-0.2, -0.15) is 0 Å². The first kappa shape index (κ1) is 13.5. The van der Waals surface area contributed by atoms with E-state index in [4.69, 9.17) is 4.74 Å². The Labute approximate surface area is 111 Å². The van der Waals surface area contributed by atoms with E-state index < -0.39 is 4.92 Å². The van der Waals surface area contributed by atoms with Crippen LogP contribution in [0, 0.1) is 10.1 Å². The molecule has 7 heteroatoms. The molecule has 2 rings (SSSR count). The molecule has 1 aromatic rings. The average Bonchev–Trinajstić information content (AvgIpc) is 2.36. The minimum atomic E-state index is -0.516. The highest BCUT2D eigenvalue weighted by molar-refractivity contribution is 5.50. The predicted octanol–water partition coefficient (Wildman–Crippen LogP) is 1.18. The lowest BCUT2D eigenvalue weighted by Crippen LogP contribution is -2.54. The van der Waals surface area contributed by atoms with E-state index in [2.05, 4.69) is 29.0 Å². The molecule has 0 unspecified atom stereocenters. The van der Waals surface area contributed by atoms with Gasteiger partial charge in [-0.05, 0) is 29.8 Å². The number of hydrogen-bond donors (Lipinski definition) is 1. The molecule has 0 radical (unpaired) electrons. The van der Waals surface area contributed by atoms with Gasteiger partial charge >= 0.3 is 5.82 Å². The fraction of sp³-hybridized carbons (Fsp3) is 0.583. The van der Waals surface area contributed by atoms with Crippen LogP contribution in [0.25, 0.3) is 0 Å². The van der Waals surface area contributed by atoms with Crippen LogP contribution in [0.5, 0.6) is 5.75 Å². The summed E-state index contributed by atoms with van der Waals surface area (Å²) in [7, 11) is 1.40. The number of nitrogens with one attached hydrogen (secondary N) is 1. The van der Waals surface area contributed by atoms with Gasteiger partial charge in [-0.25, -0.2) is 0 Å². The summed E-state index contributed by atoms with van der Waals surface area (Å²) >= 11 is 0. The normalized spacial score (nSPS) is 23.2. The molecule has 2 heterocycles. The summed E-state index contributed by atoms with van der Waals surface area (Å²) in [5.74, 6) is 0.566. The van der Waals surface area contributed by atoms with Crippen molar-refractivity contribution >= 4 is 11.6 Å². The van der Waals surface area contributed by atoms with Gasteiger partial charge in [0, 0.05) is 31.2 Å². The van der Waals surface area contributed by atoms with Crippen molar-refractivity contribution in [3.8, 4) is 5.75 Å². The topological polar surface area (TPSA) is 80.5 Å². The number of pyridine rings is 1. The molecule has 1 N–H and O–H groups in total. The van der Waals surface area contributed by atoms with Gasteiger partial charge in [-0.15, -0.1) is 0 Å². The fourth-order valence-corrected chi connectivity index (χ4v) is 2.41. The minimum absolute atomic E-state index is 0.185. The van der Waals surface area contributed by atoms with Crippen molar-refractivity contribution in [2.45, 2.75) is 25.9 Å². The summed E-state index contributed by atoms with van der Waals surface area (Å²) in [5, 5.41) is 14.4. The molecule has 1 aliphatic heterocycles. The Kier molecular flexibility index (Phi) is 3.84. The van der Waals surface area contributed by atoms with E-state index in [0.29, 0.717) is 17.9 Å². The quantitative estimate of drug-likeness (QED) is 0.653. The van der Waals surface area contributed by atoms with Gasteiger partial charge < -0.3 is 25.1 Å². The third kappa shape index (κ3) is 2.93. The summed E-state index contributed by atoms with van der Waals surface area (Å²) in [6.07, 6.45) is 0. The highest BCUT2D eigenvalue weighted by atomic mass is 16.6. The molecular formula is C12H18N4O3. The first-order valence-corrected chi connectivity index (χ1v) is 6.21. The fourth-order valence-electron chi connectivity index (χ4n) is 2.41. The molecule has 1 fully saturated rings. The lowest BCUT2D eigenvalue weighted by atomic mass is 10.1. The molecule has 0 spiro atoms. The van der Waals surface area contributed by atoms with Crippen molar-refractivity contribution in [2.24, 2.45) is 0 Å². The Morgan fingerprint density at radius 3 is 2.58 bits per heavy atom. The Hall–Kier alpha value is -1.89. The standard InChI is InChI=1S/C12H18N4O3/c1-8-6-15(7-9(2)13-8)11-5-4-10(19-3)12(14-11)16(17)18/h4-5,8-9,13H,6-7H2,1-3H3/t8-,9+. The molecule has 0 bridgehead atoms. The van der Waals surface area contributed by atoms with Crippen LogP contribution in [0.4, 0.5) is 11.6 Å². The maximum Gasteiger partial charge on any atom is 0.408 e. The molecule has 0 aromatic carbocycles.